The molecule has 2 unspecified atom stereocenters. The molecule has 0 bridgehead atoms. The molecule has 5 nitrogen and oxygen atoms in total. The Kier molecular flexibility index (Phi) is 8.67. The smallest absolute Gasteiger partial charge is 0.223 e. The van der Waals surface area contributed by atoms with Crippen molar-refractivity contribution in [1.29, 1.82) is 0 Å². The molecule has 1 fully saturated rings. The molecular weight excluding hydrogens is 402 g/mol. The SMILES string of the molecule is COc1ccc(OCCC(=O)NC2CNCCC2c2ccc(F)c(F)c2)cc1.Cl. The summed E-state index contributed by atoms with van der Waals surface area (Å²) >= 11 is 0. The molecule has 1 aliphatic rings. The number of carbonyl (C=O) groups is 1. The summed E-state index contributed by atoms with van der Waals surface area (Å²) in [5, 5.41) is 6.22. The summed E-state index contributed by atoms with van der Waals surface area (Å²) in [4.78, 5) is 12.3. The van der Waals surface area contributed by atoms with Gasteiger partial charge < -0.3 is 20.1 Å². The van der Waals surface area contributed by atoms with E-state index >= 15 is 0 Å². The van der Waals surface area contributed by atoms with Crippen LogP contribution >= 0.6 is 12.4 Å². The molecule has 1 aliphatic heterocycles. The molecule has 29 heavy (non-hydrogen) atoms. The number of nitrogens with one attached hydrogen (secondary N) is 2. The van der Waals surface area contributed by atoms with E-state index in [-0.39, 0.29) is 43.3 Å². The number of hydrogen-bond donors (Lipinski definition) is 2. The van der Waals surface area contributed by atoms with Gasteiger partial charge in [-0.15, -0.1) is 12.4 Å². The molecule has 1 heterocycles. The van der Waals surface area contributed by atoms with Crippen molar-refractivity contribution in [3.63, 3.8) is 0 Å². The average molecular weight is 427 g/mol. The van der Waals surface area contributed by atoms with E-state index in [0.717, 1.165) is 24.8 Å². The Bertz CT molecular complexity index is 805. The normalized spacial score (nSPS) is 18.4. The Morgan fingerprint density at radius 2 is 1.86 bits per heavy atom. The van der Waals surface area contributed by atoms with Crippen LogP contribution in [0, 0.1) is 11.6 Å². The lowest BCUT2D eigenvalue weighted by Crippen LogP contribution is -2.50. The van der Waals surface area contributed by atoms with Gasteiger partial charge in [-0.1, -0.05) is 6.07 Å². The number of halogens is 3. The van der Waals surface area contributed by atoms with Crippen molar-refractivity contribution >= 4 is 18.3 Å². The minimum atomic E-state index is -0.867. The van der Waals surface area contributed by atoms with Crippen LogP contribution in [0.3, 0.4) is 0 Å². The zero-order chi connectivity index (χ0) is 19.9. The second-order valence-corrected chi connectivity index (χ2v) is 6.72. The lowest BCUT2D eigenvalue weighted by Gasteiger charge is -2.33. The molecule has 0 aliphatic carbocycles. The Hall–Kier alpha value is -2.38. The first kappa shape index (κ1) is 22.9. The number of ether oxygens (including phenoxy) is 2. The van der Waals surface area contributed by atoms with E-state index in [9.17, 15) is 13.6 Å². The molecule has 0 radical (unpaired) electrons. The highest BCUT2D eigenvalue weighted by Crippen LogP contribution is 2.27. The minimum absolute atomic E-state index is 0. The lowest BCUT2D eigenvalue weighted by atomic mass is 9.86. The maximum atomic E-state index is 13.6. The van der Waals surface area contributed by atoms with E-state index in [1.165, 1.54) is 6.07 Å². The van der Waals surface area contributed by atoms with Crippen molar-refractivity contribution in [2.75, 3.05) is 26.8 Å². The van der Waals surface area contributed by atoms with Gasteiger partial charge in [0.1, 0.15) is 11.5 Å². The van der Waals surface area contributed by atoms with Crippen molar-refractivity contribution in [3.8, 4) is 11.5 Å². The molecule has 3 rings (SSSR count). The van der Waals surface area contributed by atoms with Crippen molar-refractivity contribution in [2.45, 2.75) is 24.8 Å². The first-order chi connectivity index (χ1) is 13.6. The van der Waals surface area contributed by atoms with Crippen LogP contribution in [0.15, 0.2) is 42.5 Å². The van der Waals surface area contributed by atoms with Gasteiger partial charge in [0.2, 0.25) is 5.91 Å². The summed E-state index contributed by atoms with van der Waals surface area (Å²) in [5.74, 6) is -0.550. The highest BCUT2D eigenvalue weighted by atomic mass is 35.5. The topological polar surface area (TPSA) is 59.6 Å². The minimum Gasteiger partial charge on any atom is -0.497 e. The number of carbonyl (C=O) groups excluding carboxylic acids is 1. The van der Waals surface area contributed by atoms with Gasteiger partial charge in [0.15, 0.2) is 11.6 Å². The predicted molar refractivity (Wildman–Crippen MR) is 109 cm³/mol. The fourth-order valence-electron chi connectivity index (χ4n) is 3.36. The molecule has 0 spiro atoms. The molecule has 1 saturated heterocycles. The van der Waals surface area contributed by atoms with Crippen LogP contribution in [-0.2, 0) is 4.79 Å². The van der Waals surface area contributed by atoms with Crippen molar-refractivity contribution in [1.82, 2.24) is 10.6 Å². The van der Waals surface area contributed by atoms with E-state index in [1.807, 2.05) is 0 Å². The number of rotatable bonds is 7. The number of methoxy groups -OCH3 is 1. The van der Waals surface area contributed by atoms with Crippen LogP contribution in [0.5, 0.6) is 11.5 Å². The quantitative estimate of drug-likeness (QED) is 0.712. The summed E-state index contributed by atoms with van der Waals surface area (Å²) in [7, 11) is 1.59. The van der Waals surface area contributed by atoms with Gasteiger partial charge in [0, 0.05) is 18.5 Å². The Balaban J connectivity index is 0.00000300. The number of amides is 1. The second kappa shape index (κ2) is 11.0. The maximum absolute atomic E-state index is 13.6. The molecule has 2 aromatic carbocycles. The summed E-state index contributed by atoms with van der Waals surface area (Å²) < 4.78 is 37.5. The second-order valence-electron chi connectivity index (χ2n) is 6.72. The standard InChI is InChI=1S/C21H24F2N2O3.ClH/c1-27-15-3-5-16(6-4-15)28-11-9-21(26)25-20-13-24-10-8-17(20)14-2-7-18(22)19(23)12-14;/h2-7,12,17,20,24H,8-11,13H2,1H3,(H,25,26);1H. The van der Waals surface area contributed by atoms with Crippen LogP contribution in [0.4, 0.5) is 8.78 Å². The van der Waals surface area contributed by atoms with Crippen LogP contribution in [0.1, 0.15) is 24.3 Å². The number of hydrogen-bond acceptors (Lipinski definition) is 4. The summed E-state index contributed by atoms with van der Waals surface area (Å²) in [6, 6.07) is 10.9. The van der Waals surface area contributed by atoms with E-state index in [2.05, 4.69) is 10.6 Å². The Morgan fingerprint density at radius 1 is 1.14 bits per heavy atom. The largest absolute Gasteiger partial charge is 0.497 e. The van der Waals surface area contributed by atoms with Gasteiger partial charge in [-0.3, -0.25) is 4.79 Å². The first-order valence-corrected chi connectivity index (χ1v) is 9.28. The predicted octanol–water partition coefficient (Wildman–Crippen LogP) is 3.43. The van der Waals surface area contributed by atoms with Gasteiger partial charge in [-0.2, -0.15) is 0 Å². The van der Waals surface area contributed by atoms with Crippen LogP contribution in [0.25, 0.3) is 0 Å². The Morgan fingerprint density at radius 3 is 2.55 bits per heavy atom. The highest BCUT2D eigenvalue weighted by Gasteiger charge is 2.28. The molecule has 2 N–H and O–H groups in total. The van der Waals surface area contributed by atoms with Gasteiger partial charge in [0.05, 0.1) is 20.1 Å². The molecule has 158 valence electrons. The Labute approximate surface area is 175 Å². The average Bonchev–Trinajstić information content (AvgIpc) is 2.71. The van der Waals surface area contributed by atoms with E-state index in [0.29, 0.717) is 17.9 Å². The number of piperidine rings is 1. The van der Waals surface area contributed by atoms with Crippen molar-refractivity contribution < 1.29 is 23.0 Å². The third-order valence-electron chi connectivity index (χ3n) is 4.86. The summed E-state index contributed by atoms with van der Waals surface area (Å²) in [6.07, 6.45) is 0.936. The fourth-order valence-corrected chi connectivity index (χ4v) is 3.36. The molecule has 1 amide bonds. The van der Waals surface area contributed by atoms with Gasteiger partial charge in [0.25, 0.3) is 0 Å². The zero-order valence-corrected chi connectivity index (χ0v) is 16.9. The molecular formula is C21H25ClF2N2O3. The van der Waals surface area contributed by atoms with E-state index < -0.39 is 11.6 Å². The summed E-state index contributed by atoms with van der Waals surface area (Å²) in [5.41, 5.74) is 0.695. The number of benzene rings is 2. The van der Waals surface area contributed by atoms with Crippen LogP contribution < -0.4 is 20.1 Å². The van der Waals surface area contributed by atoms with E-state index in [4.69, 9.17) is 9.47 Å². The zero-order valence-electron chi connectivity index (χ0n) is 16.1. The fraction of sp³-hybridized carbons (Fsp3) is 0.381. The lowest BCUT2D eigenvalue weighted by molar-refractivity contribution is -0.122. The molecule has 0 aromatic heterocycles. The summed E-state index contributed by atoms with van der Waals surface area (Å²) in [6.45, 7) is 1.58. The van der Waals surface area contributed by atoms with Gasteiger partial charge in [-0.25, -0.2) is 8.78 Å². The first-order valence-electron chi connectivity index (χ1n) is 9.28. The van der Waals surface area contributed by atoms with Gasteiger partial charge >= 0.3 is 0 Å². The van der Waals surface area contributed by atoms with Crippen LogP contribution in [0.2, 0.25) is 0 Å². The molecule has 2 aromatic rings. The van der Waals surface area contributed by atoms with Gasteiger partial charge in [-0.05, 0) is 54.9 Å². The molecule has 2 atom stereocenters. The third kappa shape index (κ3) is 6.30. The molecule has 0 saturated carbocycles. The van der Waals surface area contributed by atoms with Crippen LogP contribution in [-0.4, -0.2) is 38.8 Å². The van der Waals surface area contributed by atoms with Crippen molar-refractivity contribution in [3.05, 3.63) is 59.7 Å². The monoisotopic (exact) mass is 426 g/mol. The van der Waals surface area contributed by atoms with Crippen molar-refractivity contribution in [2.24, 2.45) is 0 Å². The highest BCUT2D eigenvalue weighted by molar-refractivity contribution is 5.85. The maximum Gasteiger partial charge on any atom is 0.223 e. The van der Waals surface area contributed by atoms with E-state index in [1.54, 1.807) is 37.4 Å². The third-order valence-corrected chi connectivity index (χ3v) is 4.86. The molecule has 8 heteroatoms.